The lowest BCUT2D eigenvalue weighted by atomic mass is 9.83. The second-order valence-corrected chi connectivity index (χ2v) is 5.85. The van der Waals surface area contributed by atoms with Gasteiger partial charge in [-0.15, -0.1) is 0 Å². The molecule has 0 heterocycles. The van der Waals surface area contributed by atoms with Crippen LogP contribution in [-0.2, 0) is 0 Å². The van der Waals surface area contributed by atoms with Crippen LogP contribution in [0.5, 0.6) is 0 Å². The molecule has 0 aromatic rings. The van der Waals surface area contributed by atoms with Crippen molar-refractivity contribution in [2.24, 2.45) is 5.92 Å². The highest BCUT2D eigenvalue weighted by atomic mass is 19.4. The molecular weight excluding hydrogens is 243 g/mol. The Morgan fingerprint density at radius 1 is 1.06 bits per heavy atom. The van der Waals surface area contributed by atoms with Crippen molar-refractivity contribution in [3.63, 3.8) is 0 Å². The van der Waals surface area contributed by atoms with Gasteiger partial charge in [-0.25, -0.2) is 0 Å². The summed E-state index contributed by atoms with van der Waals surface area (Å²) < 4.78 is 38.7. The van der Waals surface area contributed by atoms with E-state index in [0.29, 0.717) is 32.2 Å². The molecule has 2 atom stereocenters. The third-order valence-corrected chi connectivity index (χ3v) is 4.41. The first-order valence-corrected chi connectivity index (χ1v) is 6.93. The van der Waals surface area contributed by atoms with Gasteiger partial charge in [0.2, 0.25) is 0 Å². The standard InChI is InChI=1S/C13H22F3NO/c14-13(15,16)10-5-1-2-6-11(10)17-9-12(18)7-3-4-8-12/h10-11,17-18H,1-9H2. The summed E-state index contributed by atoms with van der Waals surface area (Å²) in [5.41, 5.74) is -0.770. The predicted octanol–water partition coefficient (Wildman–Crippen LogP) is 3.00. The van der Waals surface area contributed by atoms with Crippen molar-refractivity contribution >= 4 is 0 Å². The number of nitrogens with one attached hydrogen (secondary N) is 1. The van der Waals surface area contributed by atoms with E-state index in [1.807, 2.05) is 0 Å². The van der Waals surface area contributed by atoms with E-state index in [1.54, 1.807) is 0 Å². The Balaban J connectivity index is 1.89. The van der Waals surface area contributed by atoms with Crippen LogP contribution in [0.4, 0.5) is 13.2 Å². The first-order valence-electron chi connectivity index (χ1n) is 6.93. The lowest BCUT2D eigenvalue weighted by Crippen LogP contribution is -2.50. The predicted molar refractivity (Wildman–Crippen MR) is 63.2 cm³/mol. The molecule has 2 N–H and O–H groups in total. The number of hydrogen-bond acceptors (Lipinski definition) is 2. The molecule has 2 unspecified atom stereocenters. The van der Waals surface area contributed by atoms with Crippen molar-refractivity contribution in [1.82, 2.24) is 5.32 Å². The molecule has 0 aromatic carbocycles. The molecule has 2 saturated carbocycles. The monoisotopic (exact) mass is 265 g/mol. The Bertz CT molecular complexity index is 274. The molecule has 0 amide bonds. The van der Waals surface area contributed by atoms with Crippen LogP contribution >= 0.6 is 0 Å². The Morgan fingerprint density at radius 3 is 2.28 bits per heavy atom. The molecule has 0 spiro atoms. The Hall–Kier alpha value is -0.290. The highest BCUT2D eigenvalue weighted by Gasteiger charge is 2.46. The minimum absolute atomic E-state index is 0.222. The molecule has 2 aliphatic rings. The number of hydrogen-bond donors (Lipinski definition) is 2. The largest absolute Gasteiger partial charge is 0.393 e. The summed E-state index contributed by atoms with van der Waals surface area (Å²) in [5, 5.41) is 13.2. The summed E-state index contributed by atoms with van der Waals surface area (Å²) in [6, 6.07) is -0.511. The van der Waals surface area contributed by atoms with Gasteiger partial charge in [-0.3, -0.25) is 0 Å². The molecule has 0 saturated heterocycles. The molecule has 2 aliphatic carbocycles. The lowest BCUT2D eigenvalue weighted by molar-refractivity contribution is -0.189. The number of halogens is 3. The molecule has 5 heteroatoms. The number of alkyl halides is 3. The maximum atomic E-state index is 12.9. The van der Waals surface area contributed by atoms with Crippen LogP contribution in [0, 0.1) is 5.92 Å². The Labute approximate surface area is 106 Å². The van der Waals surface area contributed by atoms with Crippen molar-refractivity contribution in [1.29, 1.82) is 0 Å². The fraction of sp³-hybridized carbons (Fsp3) is 1.00. The second kappa shape index (κ2) is 5.37. The summed E-state index contributed by atoms with van der Waals surface area (Å²) in [5.74, 6) is -1.24. The van der Waals surface area contributed by atoms with Gasteiger partial charge in [0.15, 0.2) is 0 Å². The van der Waals surface area contributed by atoms with Crippen molar-refractivity contribution in [3.8, 4) is 0 Å². The lowest BCUT2D eigenvalue weighted by Gasteiger charge is -2.35. The van der Waals surface area contributed by atoms with Gasteiger partial charge >= 0.3 is 6.18 Å². The first kappa shape index (κ1) is 14.1. The highest BCUT2D eigenvalue weighted by molar-refractivity contribution is 4.91. The van der Waals surface area contributed by atoms with Gasteiger partial charge in [-0.1, -0.05) is 25.7 Å². The SMILES string of the molecule is OC1(CNC2CCCCC2C(F)(F)F)CCCC1. The van der Waals surface area contributed by atoms with E-state index in [1.165, 1.54) is 0 Å². The minimum Gasteiger partial charge on any atom is -0.389 e. The van der Waals surface area contributed by atoms with Crippen LogP contribution in [0.2, 0.25) is 0 Å². The van der Waals surface area contributed by atoms with E-state index in [2.05, 4.69) is 5.32 Å². The topological polar surface area (TPSA) is 32.3 Å². The maximum absolute atomic E-state index is 12.9. The van der Waals surface area contributed by atoms with Gasteiger partial charge in [0.05, 0.1) is 11.5 Å². The van der Waals surface area contributed by atoms with Crippen molar-refractivity contribution < 1.29 is 18.3 Å². The number of aliphatic hydroxyl groups is 1. The first-order chi connectivity index (χ1) is 8.41. The summed E-state index contributed by atoms with van der Waals surface area (Å²) in [7, 11) is 0. The van der Waals surface area contributed by atoms with Gasteiger partial charge in [0.1, 0.15) is 0 Å². The molecule has 0 bridgehead atoms. The minimum atomic E-state index is -4.11. The third kappa shape index (κ3) is 3.38. The van der Waals surface area contributed by atoms with E-state index < -0.39 is 23.7 Å². The molecule has 0 aliphatic heterocycles. The van der Waals surface area contributed by atoms with E-state index in [0.717, 1.165) is 19.3 Å². The summed E-state index contributed by atoms with van der Waals surface area (Å²) in [6.07, 6.45) is 1.56. The van der Waals surface area contributed by atoms with Crippen LogP contribution < -0.4 is 5.32 Å². The van der Waals surface area contributed by atoms with Crippen LogP contribution in [0.3, 0.4) is 0 Å². The van der Waals surface area contributed by atoms with Crippen molar-refractivity contribution in [2.75, 3.05) is 6.54 Å². The van der Waals surface area contributed by atoms with Crippen molar-refractivity contribution in [3.05, 3.63) is 0 Å². The smallest absolute Gasteiger partial charge is 0.389 e. The summed E-state index contributed by atoms with van der Waals surface area (Å²) in [4.78, 5) is 0. The van der Waals surface area contributed by atoms with E-state index in [-0.39, 0.29) is 6.42 Å². The van der Waals surface area contributed by atoms with Gasteiger partial charge < -0.3 is 10.4 Å². The molecule has 2 rings (SSSR count). The Kier molecular flexibility index (Phi) is 4.22. The molecular formula is C13H22F3NO. The van der Waals surface area contributed by atoms with Gasteiger partial charge in [-0.2, -0.15) is 13.2 Å². The second-order valence-electron chi connectivity index (χ2n) is 5.85. The quantitative estimate of drug-likeness (QED) is 0.822. The fourth-order valence-corrected chi connectivity index (χ4v) is 3.30. The van der Waals surface area contributed by atoms with E-state index >= 15 is 0 Å². The zero-order valence-electron chi connectivity index (χ0n) is 10.6. The van der Waals surface area contributed by atoms with Crippen LogP contribution in [0.15, 0.2) is 0 Å². The van der Waals surface area contributed by atoms with Gasteiger partial charge in [0, 0.05) is 12.6 Å². The van der Waals surface area contributed by atoms with E-state index in [9.17, 15) is 18.3 Å². The Morgan fingerprint density at radius 2 is 1.67 bits per heavy atom. The van der Waals surface area contributed by atoms with Crippen LogP contribution in [0.25, 0.3) is 0 Å². The molecule has 0 aromatic heterocycles. The normalized spacial score (nSPS) is 32.7. The van der Waals surface area contributed by atoms with Crippen LogP contribution in [0.1, 0.15) is 51.4 Å². The summed E-state index contributed by atoms with van der Waals surface area (Å²) in [6.45, 7) is 0.310. The molecule has 0 radical (unpaired) electrons. The molecule has 2 nitrogen and oxygen atoms in total. The highest BCUT2D eigenvalue weighted by Crippen LogP contribution is 2.38. The van der Waals surface area contributed by atoms with E-state index in [4.69, 9.17) is 0 Å². The average Bonchev–Trinajstić information content (AvgIpc) is 2.73. The molecule has 106 valence electrons. The zero-order chi connectivity index (χ0) is 13.2. The van der Waals surface area contributed by atoms with Crippen molar-refractivity contribution in [2.45, 2.75) is 69.2 Å². The average molecular weight is 265 g/mol. The zero-order valence-corrected chi connectivity index (χ0v) is 10.6. The van der Waals surface area contributed by atoms with Gasteiger partial charge in [0.25, 0.3) is 0 Å². The van der Waals surface area contributed by atoms with Gasteiger partial charge in [-0.05, 0) is 25.7 Å². The summed E-state index contributed by atoms with van der Waals surface area (Å²) >= 11 is 0. The third-order valence-electron chi connectivity index (χ3n) is 4.41. The molecule has 18 heavy (non-hydrogen) atoms. The fourth-order valence-electron chi connectivity index (χ4n) is 3.30. The maximum Gasteiger partial charge on any atom is 0.393 e. The van der Waals surface area contributed by atoms with Crippen LogP contribution in [-0.4, -0.2) is 29.5 Å². The number of rotatable bonds is 3. The molecule has 2 fully saturated rings.